The molecule has 1 aliphatic heterocycles. The molecular weight excluding hydrogens is 160 g/mol. The largest absolute Gasteiger partial charge is 0.373 e. The summed E-state index contributed by atoms with van der Waals surface area (Å²) in [4.78, 5) is 0. The molecule has 1 fully saturated rings. The molecule has 0 radical (unpaired) electrons. The molecule has 1 atom stereocenters. The van der Waals surface area contributed by atoms with Gasteiger partial charge in [-0.25, -0.2) is 0 Å². The molecular formula is C9H9ClO. The summed E-state index contributed by atoms with van der Waals surface area (Å²) in [5, 5.41) is 0.850. The molecule has 0 N–H and O–H groups in total. The van der Waals surface area contributed by atoms with Crippen molar-refractivity contribution in [2.45, 2.75) is 12.5 Å². The number of rotatable bonds is 2. The maximum absolute atomic E-state index is 5.94. The first kappa shape index (κ1) is 7.14. The van der Waals surface area contributed by atoms with Crippen LogP contribution in [0.4, 0.5) is 0 Å². The summed E-state index contributed by atoms with van der Waals surface area (Å²) in [6.45, 7) is 0.894. The fourth-order valence-corrected chi connectivity index (χ4v) is 1.31. The zero-order valence-corrected chi connectivity index (χ0v) is 6.84. The third-order valence-corrected chi connectivity index (χ3v) is 2.18. The molecule has 1 aromatic rings. The molecule has 0 spiro atoms. The van der Waals surface area contributed by atoms with Gasteiger partial charge in [0.1, 0.15) is 0 Å². The minimum atomic E-state index is 0.426. The van der Waals surface area contributed by atoms with E-state index in [1.54, 1.807) is 0 Å². The summed E-state index contributed by atoms with van der Waals surface area (Å²) in [5.74, 6) is 0. The lowest BCUT2D eigenvalue weighted by Crippen LogP contribution is -1.92. The summed E-state index contributed by atoms with van der Waals surface area (Å²) in [7, 11) is 0. The van der Waals surface area contributed by atoms with Gasteiger partial charge in [-0.1, -0.05) is 29.8 Å². The van der Waals surface area contributed by atoms with Crippen LogP contribution < -0.4 is 0 Å². The van der Waals surface area contributed by atoms with Crippen molar-refractivity contribution in [1.82, 2.24) is 0 Å². The van der Waals surface area contributed by atoms with Crippen LogP contribution in [0.3, 0.4) is 0 Å². The molecule has 1 unspecified atom stereocenters. The zero-order chi connectivity index (χ0) is 7.68. The van der Waals surface area contributed by atoms with Crippen LogP contribution in [-0.4, -0.2) is 12.7 Å². The fourth-order valence-electron chi connectivity index (χ4n) is 1.10. The predicted octanol–water partition coefficient (Wildman–Crippen LogP) is 2.28. The van der Waals surface area contributed by atoms with E-state index in [1.807, 2.05) is 24.3 Å². The van der Waals surface area contributed by atoms with E-state index in [0.717, 1.165) is 18.1 Å². The third kappa shape index (κ3) is 1.73. The van der Waals surface area contributed by atoms with Crippen molar-refractivity contribution in [3.63, 3.8) is 0 Å². The van der Waals surface area contributed by atoms with Gasteiger partial charge >= 0.3 is 0 Å². The average Bonchev–Trinajstić information content (AvgIpc) is 2.78. The number of hydrogen-bond donors (Lipinski definition) is 0. The van der Waals surface area contributed by atoms with Gasteiger partial charge in [0, 0.05) is 11.4 Å². The molecule has 0 amide bonds. The van der Waals surface area contributed by atoms with Crippen LogP contribution in [0.2, 0.25) is 5.02 Å². The molecule has 2 rings (SSSR count). The second kappa shape index (κ2) is 2.84. The maximum atomic E-state index is 5.94. The lowest BCUT2D eigenvalue weighted by molar-refractivity contribution is 0.407. The summed E-state index contributed by atoms with van der Waals surface area (Å²) < 4.78 is 5.11. The molecule has 1 aliphatic rings. The van der Waals surface area contributed by atoms with Gasteiger partial charge in [-0.05, 0) is 11.6 Å². The zero-order valence-electron chi connectivity index (χ0n) is 6.09. The first-order chi connectivity index (χ1) is 5.36. The quantitative estimate of drug-likeness (QED) is 0.618. The standard InChI is InChI=1S/C9H9ClO/c10-9-4-2-1-3-7(9)5-8-6-11-8/h1-4,8H,5-6H2. The predicted molar refractivity (Wildman–Crippen MR) is 44.9 cm³/mol. The van der Waals surface area contributed by atoms with E-state index in [2.05, 4.69) is 0 Å². The molecule has 11 heavy (non-hydrogen) atoms. The number of halogens is 1. The Bertz CT molecular complexity index is 255. The van der Waals surface area contributed by atoms with E-state index >= 15 is 0 Å². The van der Waals surface area contributed by atoms with E-state index in [4.69, 9.17) is 16.3 Å². The normalized spacial score (nSPS) is 21.7. The maximum Gasteiger partial charge on any atom is 0.0850 e. The Labute approximate surface area is 70.9 Å². The lowest BCUT2D eigenvalue weighted by atomic mass is 10.1. The average molecular weight is 169 g/mol. The molecule has 0 aliphatic carbocycles. The van der Waals surface area contributed by atoms with Crippen molar-refractivity contribution in [3.8, 4) is 0 Å². The minimum Gasteiger partial charge on any atom is -0.373 e. The van der Waals surface area contributed by atoms with Crippen molar-refractivity contribution in [2.75, 3.05) is 6.61 Å². The van der Waals surface area contributed by atoms with E-state index in [0.29, 0.717) is 6.10 Å². The first-order valence-corrected chi connectivity index (χ1v) is 4.09. The van der Waals surface area contributed by atoms with Gasteiger partial charge in [-0.3, -0.25) is 0 Å². The molecule has 0 bridgehead atoms. The van der Waals surface area contributed by atoms with Gasteiger partial charge in [0.25, 0.3) is 0 Å². The Kier molecular flexibility index (Phi) is 1.84. The van der Waals surface area contributed by atoms with Crippen LogP contribution in [0.1, 0.15) is 5.56 Å². The summed E-state index contributed by atoms with van der Waals surface area (Å²) in [6.07, 6.45) is 1.38. The second-order valence-electron chi connectivity index (χ2n) is 2.75. The van der Waals surface area contributed by atoms with Gasteiger partial charge < -0.3 is 4.74 Å². The van der Waals surface area contributed by atoms with Crippen molar-refractivity contribution in [2.24, 2.45) is 0 Å². The van der Waals surface area contributed by atoms with E-state index in [1.165, 1.54) is 5.56 Å². The van der Waals surface area contributed by atoms with Gasteiger partial charge in [0.2, 0.25) is 0 Å². The Morgan fingerprint density at radius 2 is 2.18 bits per heavy atom. The Hall–Kier alpha value is -0.530. The van der Waals surface area contributed by atoms with Crippen molar-refractivity contribution in [3.05, 3.63) is 34.9 Å². The number of benzene rings is 1. The Morgan fingerprint density at radius 1 is 1.45 bits per heavy atom. The highest BCUT2D eigenvalue weighted by molar-refractivity contribution is 6.31. The fraction of sp³-hybridized carbons (Fsp3) is 0.333. The molecule has 1 saturated heterocycles. The molecule has 1 aromatic carbocycles. The van der Waals surface area contributed by atoms with Gasteiger partial charge in [0.05, 0.1) is 12.7 Å². The topological polar surface area (TPSA) is 12.5 Å². The van der Waals surface area contributed by atoms with Crippen LogP contribution in [0.5, 0.6) is 0 Å². The minimum absolute atomic E-state index is 0.426. The van der Waals surface area contributed by atoms with Gasteiger partial charge in [-0.2, -0.15) is 0 Å². The van der Waals surface area contributed by atoms with Crippen LogP contribution in [0.25, 0.3) is 0 Å². The molecule has 0 aromatic heterocycles. The molecule has 1 heterocycles. The third-order valence-electron chi connectivity index (χ3n) is 1.81. The van der Waals surface area contributed by atoms with E-state index in [-0.39, 0.29) is 0 Å². The monoisotopic (exact) mass is 168 g/mol. The van der Waals surface area contributed by atoms with Crippen LogP contribution >= 0.6 is 11.6 Å². The molecule has 0 saturated carbocycles. The Morgan fingerprint density at radius 3 is 2.82 bits per heavy atom. The van der Waals surface area contributed by atoms with E-state index < -0.39 is 0 Å². The molecule has 58 valence electrons. The van der Waals surface area contributed by atoms with Gasteiger partial charge in [0.15, 0.2) is 0 Å². The van der Waals surface area contributed by atoms with Crippen LogP contribution in [0, 0.1) is 0 Å². The smallest absolute Gasteiger partial charge is 0.0850 e. The van der Waals surface area contributed by atoms with Crippen molar-refractivity contribution in [1.29, 1.82) is 0 Å². The highest BCUT2D eigenvalue weighted by Crippen LogP contribution is 2.21. The van der Waals surface area contributed by atoms with Gasteiger partial charge in [-0.15, -0.1) is 0 Å². The molecule has 1 nitrogen and oxygen atoms in total. The highest BCUT2D eigenvalue weighted by atomic mass is 35.5. The van der Waals surface area contributed by atoms with Crippen LogP contribution in [0.15, 0.2) is 24.3 Å². The van der Waals surface area contributed by atoms with Crippen LogP contribution in [-0.2, 0) is 11.2 Å². The summed E-state index contributed by atoms with van der Waals surface area (Å²) in [6, 6.07) is 7.91. The lowest BCUT2D eigenvalue weighted by Gasteiger charge is -1.99. The molecule has 2 heteroatoms. The van der Waals surface area contributed by atoms with Crippen molar-refractivity contribution < 1.29 is 4.74 Å². The summed E-state index contributed by atoms with van der Waals surface area (Å²) in [5.41, 5.74) is 1.19. The number of epoxide rings is 1. The SMILES string of the molecule is Clc1ccccc1CC1CO1. The Balaban J connectivity index is 2.15. The second-order valence-corrected chi connectivity index (χ2v) is 3.16. The van der Waals surface area contributed by atoms with Crippen molar-refractivity contribution >= 4 is 11.6 Å². The van der Waals surface area contributed by atoms with E-state index in [9.17, 15) is 0 Å². The first-order valence-electron chi connectivity index (χ1n) is 3.71. The summed E-state index contributed by atoms with van der Waals surface area (Å²) >= 11 is 5.94. The number of ether oxygens (including phenoxy) is 1. The number of hydrogen-bond acceptors (Lipinski definition) is 1. The highest BCUT2D eigenvalue weighted by Gasteiger charge is 2.23.